The molecule has 2 atom stereocenters. The third-order valence-corrected chi connectivity index (χ3v) is 10.2. The zero-order valence-electron chi connectivity index (χ0n) is 24.3. The van der Waals surface area contributed by atoms with E-state index >= 15 is 0 Å². The normalized spacial score (nSPS) is 16.6. The fourth-order valence-corrected chi connectivity index (χ4v) is 8.07. The molecular weight excluding hydrogens is 567 g/mol. The van der Waals surface area contributed by atoms with Crippen LogP contribution in [-0.2, 0) is 0 Å². The predicted molar refractivity (Wildman–Crippen MR) is 187 cm³/mol. The van der Waals surface area contributed by atoms with Crippen LogP contribution in [0.15, 0.2) is 157 Å². The average Bonchev–Trinajstić information content (AvgIpc) is 3.50. The summed E-state index contributed by atoms with van der Waals surface area (Å²) in [5.41, 5.74) is 9.58. The van der Waals surface area contributed by atoms with Gasteiger partial charge in [0.05, 0.1) is 27.5 Å². The van der Waals surface area contributed by atoms with Crippen molar-refractivity contribution in [2.24, 2.45) is 0 Å². The topological polar surface area (TPSA) is 38.7 Å². The van der Waals surface area contributed by atoms with Crippen molar-refractivity contribution in [1.29, 1.82) is 0 Å². The summed E-state index contributed by atoms with van der Waals surface area (Å²) in [6, 6.07) is 44.7. The molecule has 0 saturated heterocycles. The summed E-state index contributed by atoms with van der Waals surface area (Å²) in [5.74, 6) is 0.970. The number of allylic oxidation sites excluding steroid dienone is 3. The van der Waals surface area contributed by atoms with Gasteiger partial charge in [0.15, 0.2) is 5.82 Å². The molecule has 0 N–H and O–H groups in total. The van der Waals surface area contributed by atoms with E-state index in [1.807, 2.05) is 11.8 Å². The molecule has 5 aromatic carbocycles. The number of thioether (sulfide) groups is 1. The molecule has 0 radical (unpaired) electrons. The average molecular weight is 594 g/mol. The van der Waals surface area contributed by atoms with Crippen molar-refractivity contribution in [2.75, 3.05) is 0 Å². The van der Waals surface area contributed by atoms with E-state index in [1.54, 1.807) is 0 Å². The zero-order chi connectivity index (χ0) is 29.7. The molecule has 3 nitrogen and oxygen atoms in total. The van der Waals surface area contributed by atoms with Gasteiger partial charge in [0.2, 0.25) is 0 Å². The molecule has 9 rings (SSSR count). The Labute approximate surface area is 266 Å². The maximum Gasteiger partial charge on any atom is 0.160 e. The Morgan fingerprint density at radius 1 is 0.511 bits per heavy atom. The molecule has 4 heteroatoms. The Kier molecular flexibility index (Phi) is 6.20. The molecule has 0 bridgehead atoms. The van der Waals surface area contributed by atoms with Crippen LogP contribution in [0.1, 0.15) is 11.6 Å². The van der Waals surface area contributed by atoms with Gasteiger partial charge in [-0.1, -0.05) is 146 Å². The fraction of sp³-hybridized carbons (Fsp3) is 0.0488. The molecule has 0 fully saturated rings. The number of hydrogen-bond donors (Lipinski definition) is 0. The first kappa shape index (κ1) is 26.1. The maximum absolute atomic E-state index is 5.33. The van der Waals surface area contributed by atoms with Gasteiger partial charge < -0.3 is 0 Å². The Hall–Kier alpha value is -5.32. The van der Waals surface area contributed by atoms with Crippen LogP contribution in [0, 0.1) is 0 Å². The van der Waals surface area contributed by atoms with Crippen LogP contribution in [-0.4, -0.2) is 20.2 Å². The van der Waals surface area contributed by atoms with E-state index in [0.29, 0.717) is 5.25 Å². The Morgan fingerprint density at radius 2 is 1.20 bits per heavy atom. The lowest BCUT2D eigenvalue weighted by Crippen LogP contribution is -2.09. The van der Waals surface area contributed by atoms with Gasteiger partial charge >= 0.3 is 0 Å². The van der Waals surface area contributed by atoms with Crippen LogP contribution in [0.4, 0.5) is 0 Å². The highest BCUT2D eigenvalue weighted by molar-refractivity contribution is 8.00. The van der Waals surface area contributed by atoms with Crippen LogP contribution in [0.3, 0.4) is 0 Å². The molecule has 2 aromatic heterocycles. The second-order valence-corrected chi connectivity index (χ2v) is 12.7. The van der Waals surface area contributed by atoms with Gasteiger partial charge in [-0.2, -0.15) is 0 Å². The van der Waals surface area contributed by atoms with E-state index in [2.05, 4.69) is 152 Å². The van der Waals surface area contributed by atoms with Crippen LogP contribution >= 0.6 is 11.8 Å². The second kappa shape index (κ2) is 10.7. The molecule has 1 aliphatic carbocycles. The number of rotatable bonds is 4. The van der Waals surface area contributed by atoms with Crippen molar-refractivity contribution < 1.29 is 0 Å². The minimum absolute atomic E-state index is 0.236. The predicted octanol–water partition coefficient (Wildman–Crippen LogP) is 10.5. The van der Waals surface area contributed by atoms with E-state index in [1.165, 1.54) is 21.4 Å². The number of nitrogens with zero attached hydrogens (tertiary/aromatic N) is 3. The van der Waals surface area contributed by atoms with Gasteiger partial charge in [-0.3, -0.25) is 0 Å². The van der Waals surface area contributed by atoms with Crippen LogP contribution in [0.5, 0.6) is 0 Å². The lowest BCUT2D eigenvalue weighted by atomic mass is 9.92. The van der Waals surface area contributed by atoms with Crippen molar-refractivity contribution >= 4 is 33.4 Å². The molecule has 212 valence electrons. The number of pyridine rings is 1. The third kappa shape index (κ3) is 4.41. The molecule has 0 amide bonds. The highest BCUT2D eigenvalue weighted by Crippen LogP contribution is 2.51. The fourth-order valence-electron chi connectivity index (χ4n) is 6.68. The van der Waals surface area contributed by atoms with Crippen molar-refractivity contribution in [3.63, 3.8) is 0 Å². The number of benzene rings is 5. The summed E-state index contributed by atoms with van der Waals surface area (Å²) in [4.78, 5) is 17.0. The van der Waals surface area contributed by atoms with E-state index in [0.717, 1.165) is 55.9 Å². The lowest BCUT2D eigenvalue weighted by molar-refractivity contribution is 0.829. The van der Waals surface area contributed by atoms with Gasteiger partial charge in [0.1, 0.15) is 0 Å². The molecule has 7 aromatic rings. The van der Waals surface area contributed by atoms with Crippen LogP contribution in [0.25, 0.3) is 66.7 Å². The van der Waals surface area contributed by atoms with E-state index < -0.39 is 0 Å². The Balaban J connectivity index is 1.30. The van der Waals surface area contributed by atoms with Crippen molar-refractivity contribution in [3.8, 4) is 45.0 Å². The summed E-state index contributed by atoms with van der Waals surface area (Å²) in [6.07, 6.45) is 8.84. The smallest absolute Gasteiger partial charge is 0.160 e. The third-order valence-electron chi connectivity index (χ3n) is 8.80. The lowest BCUT2D eigenvalue weighted by Gasteiger charge is -2.16. The summed E-state index contributed by atoms with van der Waals surface area (Å²) in [7, 11) is 0. The summed E-state index contributed by atoms with van der Waals surface area (Å²) in [6.45, 7) is 0. The SMILES string of the molecule is C1=CC2Sc3c(-c4ccccc4)nc(-c4ccc5c(c4)nc(-c4ccccc4)c4cccc(-c6ccccc6)c45)nc3C2C=C1. The molecule has 45 heavy (non-hydrogen) atoms. The minimum atomic E-state index is 0.236. The number of hydrogen-bond acceptors (Lipinski definition) is 4. The summed E-state index contributed by atoms with van der Waals surface area (Å²) < 4.78 is 0. The number of aromatic nitrogens is 3. The maximum atomic E-state index is 5.33. The molecule has 0 spiro atoms. The van der Waals surface area contributed by atoms with Crippen molar-refractivity contribution in [2.45, 2.75) is 16.1 Å². The molecule has 2 aliphatic rings. The van der Waals surface area contributed by atoms with Crippen LogP contribution in [0.2, 0.25) is 0 Å². The summed E-state index contributed by atoms with van der Waals surface area (Å²) in [5, 5.41) is 3.81. The Bertz CT molecular complexity index is 2290. The molecule has 3 heterocycles. The van der Waals surface area contributed by atoms with E-state index in [-0.39, 0.29) is 5.92 Å². The highest BCUT2D eigenvalue weighted by Gasteiger charge is 2.36. The van der Waals surface area contributed by atoms with Gasteiger partial charge in [-0.05, 0) is 17.2 Å². The monoisotopic (exact) mass is 593 g/mol. The van der Waals surface area contributed by atoms with Gasteiger partial charge in [-0.25, -0.2) is 15.0 Å². The number of fused-ring (bicyclic) bond motifs is 6. The van der Waals surface area contributed by atoms with Gasteiger partial charge in [-0.15, -0.1) is 11.8 Å². The summed E-state index contributed by atoms with van der Waals surface area (Å²) >= 11 is 1.87. The van der Waals surface area contributed by atoms with E-state index in [9.17, 15) is 0 Å². The van der Waals surface area contributed by atoms with Gasteiger partial charge in [0.25, 0.3) is 0 Å². The first-order valence-electron chi connectivity index (χ1n) is 15.3. The zero-order valence-corrected chi connectivity index (χ0v) is 25.2. The quantitative estimate of drug-likeness (QED) is 0.190. The van der Waals surface area contributed by atoms with E-state index in [4.69, 9.17) is 15.0 Å². The highest BCUT2D eigenvalue weighted by atomic mass is 32.2. The standard InChI is InChI=1S/C41H27N3S/c1-4-13-26(14-5-1)30-20-12-21-33-36(30)31-24-23-29(25-34(31)42-37(33)27-15-6-2-7-16-27)41-43-38(28-17-8-3-9-18-28)40-39(44-41)32-19-10-11-22-35(32)45-40/h1-25,32,35H. The van der Waals surface area contributed by atoms with Crippen LogP contribution < -0.4 is 0 Å². The molecular formula is C41H27N3S. The first-order chi connectivity index (χ1) is 22.3. The first-order valence-corrected chi connectivity index (χ1v) is 16.2. The largest absolute Gasteiger partial charge is 0.247 e. The molecule has 1 aliphatic heterocycles. The second-order valence-electron chi connectivity index (χ2n) is 11.5. The van der Waals surface area contributed by atoms with Crippen molar-refractivity contribution in [1.82, 2.24) is 15.0 Å². The van der Waals surface area contributed by atoms with Gasteiger partial charge in [0, 0.05) is 44.0 Å². The van der Waals surface area contributed by atoms with Crippen molar-refractivity contribution in [3.05, 3.63) is 157 Å². The Morgan fingerprint density at radius 3 is 1.96 bits per heavy atom. The molecule has 2 unspecified atom stereocenters. The molecule has 0 saturated carbocycles. The minimum Gasteiger partial charge on any atom is -0.247 e.